The molecule has 0 saturated carbocycles. The number of nitrogen functional groups attached to an aromatic ring is 1. The molecule has 2 rings (SSSR count). The summed E-state index contributed by atoms with van der Waals surface area (Å²) in [5.41, 5.74) is 6.29. The molecular formula is C15H13BrFNO3. The second-order valence-electron chi connectivity index (χ2n) is 4.28. The van der Waals surface area contributed by atoms with Gasteiger partial charge in [0.15, 0.2) is 0 Å². The zero-order valence-corrected chi connectivity index (χ0v) is 12.8. The predicted octanol–water partition coefficient (Wildman–Crippen LogP) is 3.54. The van der Waals surface area contributed by atoms with Crippen LogP contribution in [0.15, 0.2) is 40.9 Å². The average Bonchev–Trinajstić information content (AvgIpc) is 2.45. The van der Waals surface area contributed by atoms with Crippen LogP contribution in [-0.2, 0) is 11.3 Å². The van der Waals surface area contributed by atoms with Crippen LogP contribution in [0, 0.1) is 5.82 Å². The highest BCUT2D eigenvalue weighted by atomic mass is 79.9. The van der Waals surface area contributed by atoms with Crippen molar-refractivity contribution in [1.29, 1.82) is 0 Å². The molecule has 0 fully saturated rings. The van der Waals surface area contributed by atoms with Crippen molar-refractivity contribution in [3.05, 3.63) is 57.8 Å². The molecule has 0 radical (unpaired) electrons. The van der Waals surface area contributed by atoms with Crippen molar-refractivity contribution < 1.29 is 18.7 Å². The van der Waals surface area contributed by atoms with Crippen LogP contribution in [0.4, 0.5) is 10.1 Å². The molecule has 0 aliphatic rings. The molecule has 0 saturated heterocycles. The van der Waals surface area contributed by atoms with Crippen LogP contribution in [0.1, 0.15) is 15.9 Å². The monoisotopic (exact) mass is 353 g/mol. The fraction of sp³-hybridized carbons (Fsp3) is 0.133. The normalized spacial score (nSPS) is 10.2. The molecule has 0 bridgehead atoms. The maximum absolute atomic E-state index is 13.6. The number of ether oxygens (including phenoxy) is 2. The van der Waals surface area contributed by atoms with Crippen LogP contribution in [0.25, 0.3) is 0 Å². The summed E-state index contributed by atoms with van der Waals surface area (Å²) in [6.45, 7) is 0.0330. The van der Waals surface area contributed by atoms with Crippen LogP contribution >= 0.6 is 15.9 Å². The summed E-state index contributed by atoms with van der Waals surface area (Å²) in [5, 5.41) is 0. The minimum atomic E-state index is -0.737. The number of esters is 1. The predicted molar refractivity (Wildman–Crippen MR) is 80.6 cm³/mol. The van der Waals surface area contributed by atoms with E-state index < -0.39 is 11.8 Å². The van der Waals surface area contributed by atoms with E-state index in [1.807, 2.05) is 0 Å². The summed E-state index contributed by atoms with van der Waals surface area (Å²) >= 11 is 3.34. The molecule has 2 aromatic carbocycles. The number of methoxy groups -OCH3 is 1. The molecule has 0 aliphatic carbocycles. The zero-order chi connectivity index (χ0) is 15.4. The first-order chi connectivity index (χ1) is 10.0. The Balaban J connectivity index is 2.05. The Hall–Kier alpha value is -2.08. The highest BCUT2D eigenvalue weighted by Crippen LogP contribution is 2.26. The van der Waals surface area contributed by atoms with Gasteiger partial charge in [0, 0.05) is 5.69 Å². The van der Waals surface area contributed by atoms with E-state index in [1.165, 1.54) is 12.1 Å². The maximum Gasteiger partial charge on any atom is 0.341 e. The molecule has 0 aromatic heterocycles. The lowest BCUT2D eigenvalue weighted by atomic mass is 10.2. The Morgan fingerprint density at radius 1 is 1.29 bits per heavy atom. The second kappa shape index (κ2) is 6.58. The number of halogens is 2. The Labute approximate surface area is 129 Å². The van der Waals surface area contributed by atoms with E-state index in [9.17, 15) is 9.18 Å². The van der Waals surface area contributed by atoms with Gasteiger partial charge in [0.1, 0.15) is 18.2 Å². The molecule has 6 heteroatoms. The lowest BCUT2D eigenvalue weighted by Crippen LogP contribution is -2.08. The minimum absolute atomic E-state index is 0.0330. The van der Waals surface area contributed by atoms with Crippen LogP contribution in [0.3, 0.4) is 0 Å². The molecule has 2 aromatic rings. The Morgan fingerprint density at radius 2 is 2.05 bits per heavy atom. The molecule has 4 nitrogen and oxygen atoms in total. The van der Waals surface area contributed by atoms with E-state index in [-0.39, 0.29) is 17.9 Å². The highest BCUT2D eigenvalue weighted by Gasteiger charge is 2.13. The minimum Gasteiger partial charge on any atom is -0.496 e. The van der Waals surface area contributed by atoms with Gasteiger partial charge in [-0.2, -0.15) is 0 Å². The number of carbonyl (C=O) groups is 1. The third kappa shape index (κ3) is 3.72. The van der Waals surface area contributed by atoms with E-state index in [2.05, 4.69) is 15.9 Å². The molecule has 0 amide bonds. The van der Waals surface area contributed by atoms with Gasteiger partial charge >= 0.3 is 5.97 Å². The van der Waals surface area contributed by atoms with Crippen LogP contribution in [-0.4, -0.2) is 13.1 Å². The van der Waals surface area contributed by atoms with E-state index in [0.717, 1.165) is 16.1 Å². The number of nitrogens with two attached hydrogens (primary N) is 1. The number of rotatable bonds is 4. The van der Waals surface area contributed by atoms with Crippen LogP contribution in [0.2, 0.25) is 0 Å². The molecule has 0 unspecified atom stereocenters. The quantitative estimate of drug-likeness (QED) is 0.674. The standard InChI is InChI=1S/C15H13BrFNO3/c1-20-14-5-2-9(6-12(14)16)8-21-15(19)11-4-3-10(18)7-13(11)17/h2-7H,8,18H2,1H3. The largest absolute Gasteiger partial charge is 0.496 e. The van der Waals surface area contributed by atoms with Gasteiger partial charge in [0.05, 0.1) is 17.1 Å². The van der Waals surface area contributed by atoms with Gasteiger partial charge < -0.3 is 15.2 Å². The molecule has 110 valence electrons. The third-order valence-electron chi connectivity index (χ3n) is 2.80. The van der Waals surface area contributed by atoms with E-state index in [1.54, 1.807) is 25.3 Å². The lowest BCUT2D eigenvalue weighted by Gasteiger charge is -2.08. The zero-order valence-electron chi connectivity index (χ0n) is 11.2. The molecule has 0 atom stereocenters. The molecular weight excluding hydrogens is 341 g/mol. The van der Waals surface area contributed by atoms with Crippen molar-refractivity contribution >= 4 is 27.6 Å². The number of benzene rings is 2. The van der Waals surface area contributed by atoms with Crippen molar-refractivity contribution in [2.45, 2.75) is 6.61 Å². The summed E-state index contributed by atoms with van der Waals surface area (Å²) in [6, 6.07) is 9.11. The summed E-state index contributed by atoms with van der Waals surface area (Å²) in [7, 11) is 1.56. The molecule has 21 heavy (non-hydrogen) atoms. The molecule has 0 spiro atoms. The van der Waals surface area contributed by atoms with Crippen molar-refractivity contribution in [2.24, 2.45) is 0 Å². The Morgan fingerprint density at radius 3 is 2.67 bits per heavy atom. The van der Waals surface area contributed by atoms with E-state index >= 15 is 0 Å². The summed E-state index contributed by atoms with van der Waals surface area (Å²) < 4.78 is 24.5. The van der Waals surface area contributed by atoms with Crippen LogP contribution in [0.5, 0.6) is 5.75 Å². The number of hydrogen-bond acceptors (Lipinski definition) is 4. The van der Waals surface area contributed by atoms with Gasteiger partial charge in [-0.15, -0.1) is 0 Å². The Kier molecular flexibility index (Phi) is 4.80. The maximum atomic E-state index is 13.6. The van der Waals surface area contributed by atoms with Gasteiger partial charge in [-0.25, -0.2) is 9.18 Å². The summed E-state index contributed by atoms with van der Waals surface area (Å²) in [4.78, 5) is 11.8. The van der Waals surface area contributed by atoms with Crippen LogP contribution < -0.4 is 10.5 Å². The Bertz CT molecular complexity index is 676. The highest BCUT2D eigenvalue weighted by molar-refractivity contribution is 9.10. The topological polar surface area (TPSA) is 61.5 Å². The van der Waals surface area contributed by atoms with E-state index in [4.69, 9.17) is 15.2 Å². The molecule has 0 heterocycles. The first kappa shape index (κ1) is 15.3. The fourth-order valence-electron chi connectivity index (χ4n) is 1.72. The average molecular weight is 354 g/mol. The smallest absolute Gasteiger partial charge is 0.341 e. The van der Waals surface area contributed by atoms with Crippen molar-refractivity contribution in [2.75, 3.05) is 12.8 Å². The van der Waals surface area contributed by atoms with E-state index in [0.29, 0.717) is 5.75 Å². The number of anilines is 1. The third-order valence-corrected chi connectivity index (χ3v) is 3.42. The second-order valence-corrected chi connectivity index (χ2v) is 5.14. The fourth-order valence-corrected chi connectivity index (χ4v) is 2.31. The molecule has 0 aliphatic heterocycles. The van der Waals surface area contributed by atoms with Gasteiger partial charge in [0.2, 0.25) is 0 Å². The van der Waals surface area contributed by atoms with Gasteiger partial charge in [0.25, 0.3) is 0 Å². The number of carbonyl (C=O) groups excluding carboxylic acids is 1. The van der Waals surface area contributed by atoms with Gasteiger partial charge in [-0.3, -0.25) is 0 Å². The van der Waals surface area contributed by atoms with Crippen molar-refractivity contribution in [1.82, 2.24) is 0 Å². The number of hydrogen-bond donors (Lipinski definition) is 1. The summed E-state index contributed by atoms with van der Waals surface area (Å²) in [6.07, 6.45) is 0. The van der Waals surface area contributed by atoms with Crippen molar-refractivity contribution in [3.63, 3.8) is 0 Å². The van der Waals surface area contributed by atoms with Crippen molar-refractivity contribution in [3.8, 4) is 5.75 Å². The SMILES string of the molecule is COc1ccc(COC(=O)c2ccc(N)cc2F)cc1Br. The lowest BCUT2D eigenvalue weighted by molar-refractivity contribution is 0.0467. The first-order valence-corrected chi connectivity index (χ1v) is 6.85. The summed E-state index contributed by atoms with van der Waals surface area (Å²) in [5.74, 6) is -0.759. The van der Waals surface area contributed by atoms with Gasteiger partial charge in [-0.05, 0) is 51.8 Å². The first-order valence-electron chi connectivity index (χ1n) is 6.06. The van der Waals surface area contributed by atoms with Gasteiger partial charge in [-0.1, -0.05) is 6.07 Å². The molecule has 2 N–H and O–H groups in total.